The first-order valence-corrected chi connectivity index (χ1v) is 9.67. The summed E-state index contributed by atoms with van der Waals surface area (Å²) >= 11 is 3.14. The number of aryl methyl sites for hydroxylation is 2. The molecule has 4 rings (SSSR count). The Balaban J connectivity index is 1.52. The van der Waals surface area contributed by atoms with Crippen molar-refractivity contribution in [1.82, 2.24) is 9.97 Å². The lowest BCUT2D eigenvalue weighted by atomic mass is 9.97. The number of H-pyrrole nitrogens is 1. The number of aromatic nitrogens is 2. The van der Waals surface area contributed by atoms with Gasteiger partial charge in [0.05, 0.1) is 11.8 Å². The van der Waals surface area contributed by atoms with Crippen molar-refractivity contribution in [2.45, 2.75) is 38.7 Å². The Morgan fingerprint density at radius 1 is 1.33 bits per heavy atom. The second-order valence-corrected chi connectivity index (χ2v) is 7.74. The van der Waals surface area contributed by atoms with Crippen LogP contribution in [0.4, 0.5) is 0 Å². The van der Waals surface area contributed by atoms with Gasteiger partial charge in [-0.05, 0) is 53.6 Å². The zero-order valence-corrected chi connectivity index (χ0v) is 14.6. The second kappa shape index (κ2) is 6.49. The Labute approximate surface area is 146 Å². The maximum absolute atomic E-state index is 12.4. The van der Waals surface area contributed by atoms with E-state index in [1.54, 1.807) is 22.7 Å². The van der Waals surface area contributed by atoms with E-state index >= 15 is 0 Å². The molecule has 0 saturated heterocycles. The van der Waals surface area contributed by atoms with Crippen LogP contribution in [0.5, 0.6) is 0 Å². The van der Waals surface area contributed by atoms with Crippen molar-refractivity contribution in [2.24, 2.45) is 0 Å². The number of thiophene rings is 2. The van der Waals surface area contributed by atoms with Crippen LogP contribution in [-0.2, 0) is 35.4 Å². The smallest absolute Gasteiger partial charge is 0.310 e. The van der Waals surface area contributed by atoms with E-state index in [1.165, 1.54) is 11.3 Å². The summed E-state index contributed by atoms with van der Waals surface area (Å²) in [7, 11) is 0. The van der Waals surface area contributed by atoms with Crippen LogP contribution >= 0.6 is 22.7 Å². The first-order chi connectivity index (χ1) is 11.7. The lowest BCUT2D eigenvalue weighted by Crippen LogP contribution is -2.15. The monoisotopic (exact) mass is 360 g/mol. The third-order valence-electron chi connectivity index (χ3n) is 4.17. The molecule has 0 saturated carbocycles. The topological polar surface area (TPSA) is 72.0 Å². The zero-order valence-electron chi connectivity index (χ0n) is 13.0. The number of rotatable bonds is 4. The number of hydrogen-bond donors (Lipinski definition) is 1. The average molecular weight is 360 g/mol. The molecule has 0 radical (unpaired) electrons. The van der Waals surface area contributed by atoms with E-state index in [9.17, 15) is 9.59 Å². The summed E-state index contributed by atoms with van der Waals surface area (Å²) < 4.78 is 5.25. The number of ether oxygens (including phenoxy) is 1. The van der Waals surface area contributed by atoms with E-state index < -0.39 is 0 Å². The van der Waals surface area contributed by atoms with Crippen LogP contribution in [0.2, 0.25) is 0 Å². The first-order valence-electron chi connectivity index (χ1n) is 7.91. The maximum atomic E-state index is 12.4. The van der Waals surface area contributed by atoms with Crippen molar-refractivity contribution >= 4 is 38.9 Å². The molecule has 7 heteroatoms. The Morgan fingerprint density at radius 2 is 2.21 bits per heavy atom. The molecule has 1 aliphatic rings. The molecule has 0 fully saturated rings. The first kappa shape index (κ1) is 15.5. The van der Waals surface area contributed by atoms with Gasteiger partial charge in [-0.15, -0.1) is 11.3 Å². The van der Waals surface area contributed by atoms with Crippen molar-refractivity contribution in [2.75, 3.05) is 0 Å². The van der Waals surface area contributed by atoms with Crippen molar-refractivity contribution in [1.29, 1.82) is 0 Å². The van der Waals surface area contributed by atoms with E-state index in [0.717, 1.165) is 40.6 Å². The quantitative estimate of drug-likeness (QED) is 0.725. The molecule has 24 heavy (non-hydrogen) atoms. The van der Waals surface area contributed by atoms with Crippen LogP contribution in [0.25, 0.3) is 10.2 Å². The SMILES string of the molecule is O=C(Cc1ccsc1)OCc1nc2sc3c(c2c(=O)[nH]1)CCCC3. The van der Waals surface area contributed by atoms with Crippen LogP contribution in [0, 0.1) is 0 Å². The molecule has 0 bridgehead atoms. The molecule has 3 aromatic heterocycles. The third kappa shape index (κ3) is 3.01. The number of carbonyl (C=O) groups is 1. The summed E-state index contributed by atoms with van der Waals surface area (Å²) in [5, 5.41) is 4.57. The molecule has 3 heterocycles. The molecule has 3 aromatic rings. The Kier molecular flexibility index (Phi) is 4.20. The van der Waals surface area contributed by atoms with Crippen molar-refractivity contribution in [3.63, 3.8) is 0 Å². The van der Waals surface area contributed by atoms with Gasteiger partial charge in [0.15, 0.2) is 0 Å². The Hall–Kier alpha value is -1.99. The van der Waals surface area contributed by atoms with Gasteiger partial charge >= 0.3 is 5.97 Å². The van der Waals surface area contributed by atoms with Crippen LogP contribution in [0.1, 0.15) is 34.7 Å². The molecular formula is C17H16N2O3S2. The Morgan fingerprint density at radius 3 is 3.04 bits per heavy atom. The number of fused-ring (bicyclic) bond motifs is 3. The van der Waals surface area contributed by atoms with E-state index in [1.807, 2.05) is 16.8 Å². The van der Waals surface area contributed by atoms with E-state index in [4.69, 9.17) is 4.74 Å². The summed E-state index contributed by atoms with van der Waals surface area (Å²) in [5.41, 5.74) is 1.98. The van der Waals surface area contributed by atoms with Crippen LogP contribution in [0.3, 0.4) is 0 Å². The predicted octanol–water partition coefficient (Wildman–Crippen LogP) is 3.21. The number of carbonyl (C=O) groups excluding carboxylic acids is 1. The summed E-state index contributed by atoms with van der Waals surface area (Å²) in [4.78, 5) is 33.6. The fourth-order valence-corrected chi connectivity index (χ4v) is 4.99. The third-order valence-corrected chi connectivity index (χ3v) is 6.09. The van der Waals surface area contributed by atoms with E-state index in [2.05, 4.69) is 9.97 Å². The fourth-order valence-electron chi connectivity index (χ4n) is 3.04. The van der Waals surface area contributed by atoms with E-state index in [0.29, 0.717) is 5.82 Å². The van der Waals surface area contributed by atoms with Gasteiger partial charge in [-0.2, -0.15) is 11.3 Å². The summed E-state index contributed by atoms with van der Waals surface area (Å²) in [6.07, 6.45) is 4.52. The molecule has 0 aromatic carbocycles. The average Bonchev–Trinajstić information content (AvgIpc) is 3.19. The highest BCUT2D eigenvalue weighted by Crippen LogP contribution is 2.33. The molecule has 0 aliphatic heterocycles. The van der Waals surface area contributed by atoms with Gasteiger partial charge in [0.25, 0.3) is 5.56 Å². The largest absolute Gasteiger partial charge is 0.457 e. The highest BCUT2D eigenvalue weighted by Gasteiger charge is 2.20. The second-order valence-electron chi connectivity index (χ2n) is 5.87. The Bertz CT molecular complexity index is 941. The highest BCUT2D eigenvalue weighted by atomic mass is 32.1. The van der Waals surface area contributed by atoms with Gasteiger partial charge in [0, 0.05) is 4.88 Å². The van der Waals surface area contributed by atoms with Crippen LogP contribution in [-0.4, -0.2) is 15.9 Å². The molecule has 5 nitrogen and oxygen atoms in total. The lowest BCUT2D eigenvalue weighted by molar-refractivity contribution is -0.144. The number of hydrogen-bond acceptors (Lipinski definition) is 6. The molecular weight excluding hydrogens is 344 g/mol. The number of esters is 1. The summed E-state index contributed by atoms with van der Waals surface area (Å²) in [6, 6.07) is 1.90. The molecule has 0 unspecified atom stereocenters. The van der Waals surface area contributed by atoms with Gasteiger partial charge in [-0.1, -0.05) is 0 Å². The van der Waals surface area contributed by atoms with Gasteiger partial charge < -0.3 is 9.72 Å². The number of nitrogens with one attached hydrogen (secondary N) is 1. The van der Waals surface area contributed by atoms with Gasteiger partial charge in [0.2, 0.25) is 0 Å². The molecule has 0 atom stereocenters. The van der Waals surface area contributed by atoms with E-state index in [-0.39, 0.29) is 24.6 Å². The number of aromatic amines is 1. The molecule has 1 N–H and O–H groups in total. The summed E-state index contributed by atoms with van der Waals surface area (Å²) in [6.45, 7) is -0.00326. The highest BCUT2D eigenvalue weighted by molar-refractivity contribution is 7.18. The maximum Gasteiger partial charge on any atom is 0.310 e. The van der Waals surface area contributed by atoms with Crippen LogP contribution < -0.4 is 5.56 Å². The fraction of sp³-hybridized carbons (Fsp3) is 0.353. The van der Waals surface area contributed by atoms with Gasteiger partial charge in [0.1, 0.15) is 17.3 Å². The standard InChI is InChI=1S/C17H16N2O3S2/c20-14(7-10-5-6-23-9-10)22-8-13-18-16(21)15-11-3-1-2-4-12(11)24-17(15)19-13/h5-6,9H,1-4,7-8H2,(H,18,19,21). The minimum Gasteiger partial charge on any atom is -0.457 e. The van der Waals surface area contributed by atoms with Crippen molar-refractivity contribution < 1.29 is 9.53 Å². The normalized spacial score (nSPS) is 13.8. The lowest BCUT2D eigenvalue weighted by Gasteiger charge is -2.09. The molecule has 0 spiro atoms. The van der Waals surface area contributed by atoms with Gasteiger partial charge in [-0.3, -0.25) is 9.59 Å². The minimum atomic E-state index is -0.318. The van der Waals surface area contributed by atoms with Crippen LogP contribution in [0.15, 0.2) is 21.6 Å². The predicted molar refractivity (Wildman–Crippen MR) is 94.7 cm³/mol. The minimum absolute atomic E-state index is 0.00326. The number of nitrogens with zero attached hydrogens (tertiary/aromatic N) is 1. The molecule has 1 aliphatic carbocycles. The van der Waals surface area contributed by atoms with Crippen molar-refractivity contribution in [3.05, 3.63) is 49.0 Å². The van der Waals surface area contributed by atoms with Crippen molar-refractivity contribution in [3.8, 4) is 0 Å². The molecule has 124 valence electrons. The molecule has 0 amide bonds. The van der Waals surface area contributed by atoms with Gasteiger partial charge in [-0.25, -0.2) is 4.98 Å². The zero-order chi connectivity index (χ0) is 16.5. The summed E-state index contributed by atoms with van der Waals surface area (Å²) in [5.74, 6) is 0.0892.